The van der Waals surface area contributed by atoms with E-state index in [0.717, 1.165) is 16.9 Å². The normalized spacial score (nSPS) is 10.1. The second-order valence-electron chi connectivity index (χ2n) is 4.50. The van der Waals surface area contributed by atoms with E-state index in [1.807, 2.05) is 43.3 Å². The Morgan fingerprint density at radius 1 is 1.15 bits per heavy atom. The molecule has 3 N–H and O–H groups in total. The lowest BCUT2D eigenvalue weighted by atomic mass is 10.1. The van der Waals surface area contributed by atoms with Gasteiger partial charge in [0.1, 0.15) is 23.9 Å². The molecule has 0 unspecified atom stereocenters. The van der Waals surface area contributed by atoms with Gasteiger partial charge < -0.3 is 15.2 Å². The molecule has 0 aliphatic carbocycles. The van der Waals surface area contributed by atoms with E-state index in [9.17, 15) is 0 Å². The van der Waals surface area contributed by atoms with E-state index in [4.69, 9.17) is 20.6 Å². The summed E-state index contributed by atoms with van der Waals surface area (Å²) < 4.78 is 11.0. The van der Waals surface area contributed by atoms with Gasteiger partial charge in [-0.1, -0.05) is 24.3 Å². The highest BCUT2D eigenvalue weighted by Gasteiger charge is 2.08. The number of ether oxygens (including phenoxy) is 2. The van der Waals surface area contributed by atoms with E-state index in [1.165, 1.54) is 0 Å². The minimum atomic E-state index is -0.0143. The fourth-order valence-corrected chi connectivity index (χ4v) is 1.93. The summed E-state index contributed by atoms with van der Waals surface area (Å²) in [6.07, 6.45) is 0. The van der Waals surface area contributed by atoms with E-state index in [0.29, 0.717) is 17.9 Å². The van der Waals surface area contributed by atoms with Gasteiger partial charge in [0.2, 0.25) is 0 Å². The molecule has 0 radical (unpaired) electrons. The Morgan fingerprint density at radius 3 is 2.55 bits per heavy atom. The van der Waals surface area contributed by atoms with Crippen LogP contribution in [0.3, 0.4) is 0 Å². The summed E-state index contributed by atoms with van der Waals surface area (Å²) in [5.74, 6) is 1.43. The van der Waals surface area contributed by atoms with Crippen molar-refractivity contribution >= 4 is 5.84 Å². The topological polar surface area (TPSA) is 68.3 Å². The summed E-state index contributed by atoms with van der Waals surface area (Å²) in [7, 11) is 1.56. The van der Waals surface area contributed by atoms with Crippen LogP contribution in [0.5, 0.6) is 11.5 Å². The van der Waals surface area contributed by atoms with Crippen molar-refractivity contribution in [1.82, 2.24) is 0 Å². The zero-order valence-corrected chi connectivity index (χ0v) is 11.6. The van der Waals surface area contributed by atoms with E-state index in [-0.39, 0.29) is 5.84 Å². The number of para-hydroxylation sites is 1. The molecule has 0 fully saturated rings. The molecule has 2 rings (SSSR count). The van der Waals surface area contributed by atoms with Crippen LogP contribution in [0.2, 0.25) is 0 Å². The van der Waals surface area contributed by atoms with Crippen molar-refractivity contribution in [3.8, 4) is 11.5 Å². The molecule has 0 amide bonds. The fraction of sp³-hybridized carbons (Fsp3) is 0.188. The van der Waals surface area contributed by atoms with Crippen molar-refractivity contribution in [3.05, 3.63) is 59.2 Å². The van der Waals surface area contributed by atoms with Crippen LogP contribution in [0.15, 0.2) is 42.5 Å². The zero-order valence-electron chi connectivity index (χ0n) is 11.6. The van der Waals surface area contributed by atoms with Crippen molar-refractivity contribution in [1.29, 1.82) is 5.41 Å². The molecule has 0 bridgehead atoms. The van der Waals surface area contributed by atoms with Gasteiger partial charge in [0, 0.05) is 0 Å². The second kappa shape index (κ2) is 6.10. The largest absolute Gasteiger partial charge is 0.496 e. The van der Waals surface area contributed by atoms with Gasteiger partial charge in [0.05, 0.1) is 12.7 Å². The molecule has 0 aliphatic heterocycles. The molecule has 0 aromatic heterocycles. The number of nitrogens with two attached hydrogens (primary N) is 1. The maximum atomic E-state index is 7.56. The van der Waals surface area contributed by atoms with Crippen molar-refractivity contribution in [3.63, 3.8) is 0 Å². The lowest BCUT2D eigenvalue weighted by molar-refractivity contribution is 0.304. The first-order valence-electron chi connectivity index (χ1n) is 6.31. The minimum Gasteiger partial charge on any atom is -0.496 e. The van der Waals surface area contributed by atoms with Crippen LogP contribution in [0, 0.1) is 12.3 Å². The molecule has 2 aromatic carbocycles. The molecule has 4 heteroatoms. The second-order valence-corrected chi connectivity index (χ2v) is 4.50. The monoisotopic (exact) mass is 270 g/mol. The first kappa shape index (κ1) is 13.9. The van der Waals surface area contributed by atoms with Crippen LogP contribution in [0.25, 0.3) is 0 Å². The molecule has 2 aromatic rings. The third-order valence-electron chi connectivity index (χ3n) is 3.04. The Labute approximate surface area is 118 Å². The summed E-state index contributed by atoms with van der Waals surface area (Å²) in [6.45, 7) is 2.43. The van der Waals surface area contributed by atoms with E-state index in [1.54, 1.807) is 13.2 Å². The molecule has 0 atom stereocenters. The molecular formula is C16H18N2O2. The standard InChI is InChI=1S/C16H18N2O2/c1-11-5-3-4-6-14(11)20-10-12-7-8-15(19-2)13(9-12)16(17)18/h3-9H,10H2,1-2H3,(H3,17,18). The molecule has 20 heavy (non-hydrogen) atoms. The number of nitrogen functional groups attached to an aromatic ring is 1. The van der Waals surface area contributed by atoms with Crippen LogP contribution >= 0.6 is 0 Å². The summed E-state index contributed by atoms with van der Waals surface area (Å²) >= 11 is 0. The zero-order chi connectivity index (χ0) is 14.5. The Balaban J connectivity index is 2.16. The Morgan fingerprint density at radius 2 is 1.90 bits per heavy atom. The number of rotatable bonds is 5. The third kappa shape index (κ3) is 3.09. The van der Waals surface area contributed by atoms with Gasteiger partial charge in [0.15, 0.2) is 0 Å². The van der Waals surface area contributed by atoms with Gasteiger partial charge in [0.25, 0.3) is 0 Å². The third-order valence-corrected chi connectivity index (χ3v) is 3.04. The summed E-state index contributed by atoms with van der Waals surface area (Å²) in [4.78, 5) is 0. The number of hydrogen-bond acceptors (Lipinski definition) is 3. The van der Waals surface area contributed by atoms with Crippen LogP contribution in [0.4, 0.5) is 0 Å². The SMILES string of the molecule is COc1ccc(COc2ccccc2C)cc1C(=N)N. The number of nitrogens with one attached hydrogen (secondary N) is 1. The van der Waals surface area contributed by atoms with Gasteiger partial charge in [-0.2, -0.15) is 0 Å². The highest BCUT2D eigenvalue weighted by Crippen LogP contribution is 2.22. The highest BCUT2D eigenvalue weighted by molar-refractivity contribution is 5.97. The lowest BCUT2D eigenvalue weighted by Crippen LogP contribution is -2.13. The van der Waals surface area contributed by atoms with Gasteiger partial charge in [-0.3, -0.25) is 5.41 Å². The van der Waals surface area contributed by atoms with Crippen molar-refractivity contribution < 1.29 is 9.47 Å². The smallest absolute Gasteiger partial charge is 0.129 e. The van der Waals surface area contributed by atoms with Crippen molar-refractivity contribution in [2.75, 3.05) is 7.11 Å². The van der Waals surface area contributed by atoms with Gasteiger partial charge >= 0.3 is 0 Å². The highest BCUT2D eigenvalue weighted by atomic mass is 16.5. The number of benzene rings is 2. The number of methoxy groups -OCH3 is 1. The van der Waals surface area contributed by atoms with Crippen LogP contribution in [0.1, 0.15) is 16.7 Å². The fourth-order valence-electron chi connectivity index (χ4n) is 1.93. The Kier molecular flexibility index (Phi) is 4.25. The molecule has 0 aliphatic rings. The van der Waals surface area contributed by atoms with Gasteiger partial charge in [-0.15, -0.1) is 0 Å². The molecule has 4 nitrogen and oxygen atoms in total. The number of amidine groups is 1. The molecule has 0 spiro atoms. The summed E-state index contributed by atoms with van der Waals surface area (Å²) in [6, 6.07) is 13.4. The van der Waals surface area contributed by atoms with Gasteiger partial charge in [-0.05, 0) is 36.2 Å². The van der Waals surface area contributed by atoms with E-state index < -0.39 is 0 Å². The minimum absolute atomic E-state index is 0.0143. The molecule has 0 saturated carbocycles. The first-order chi connectivity index (χ1) is 9.61. The van der Waals surface area contributed by atoms with E-state index in [2.05, 4.69) is 0 Å². The van der Waals surface area contributed by atoms with Crippen LogP contribution in [-0.4, -0.2) is 12.9 Å². The lowest BCUT2D eigenvalue weighted by Gasteiger charge is -2.12. The van der Waals surface area contributed by atoms with Crippen molar-refractivity contribution in [2.24, 2.45) is 5.73 Å². The van der Waals surface area contributed by atoms with Crippen molar-refractivity contribution in [2.45, 2.75) is 13.5 Å². The Bertz CT molecular complexity index is 624. The predicted molar refractivity (Wildman–Crippen MR) is 79.5 cm³/mol. The van der Waals surface area contributed by atoms with Crippen LogP contribution in [-0.2, 0) is 6.61 Å². The first-order valence-corrected chi connectivity index (χ1v) is 6.31. The average Bonchev–Trinajstić information content (AvgIpc) is 2.46. The molecule has 0 saturated heterocycles. The molecule has 104 valence electrons. The quantitative estimate of drug-likeness (QED) is 0.648. The van der Waals surface area contributed by atoms with Crippen LogP contribution < -0.4 is 15.2 Å². The summed E-state index contributed by atoms with van der Waals surface area (Å²) in [5, 5.41) is 7.56. The summed E-state index contributed by atoms with van der Waals surface area (Å²) in [5.41, 5.74) is 8.17. The number of aryl methyl sites for hydroxylation is 1. The molecular weight excluding hydrogens is 252 g/mol. The maximum Gasteiger partial charge on any atom is 0.129 e. The van der Waals surface area contributed by atoms with Gasteiger partial charge in [-0.25, -0.2) is 0 Å². The van der Waals surface area contributed by atoms with E-state index >= 15 is 0 Å². The maximum absolute atomic E-state index is 7.56. The average molecular weight is 270 g/mol. The number of hydrogen-bond donors (Lipinski definition) is 2. The Hall–Kier alpha value is -2.49. The predicted octanol–water partition coefficient (Wildman–Crippen LogP) is 2.87. The molecule has 0 heterocycles.